The molecule has 40 heavy (non-hydrogen) atoms. The van der Waals surface area contributed by atoms with Gasteiger partial charge in [-0.3, -0.25) is 9.59 Å². The highest BCUT2D eigenvalue weighted by molar-refractivity contribution is 5.89. The molecule has 0 bridgehead atoms. The van der Waals surface area contributed by atoms with Gasteiger partial charge in [-0.25, -0.2) is 10.9 Å². The van der Waals surface area contributed by atoms with Gasteiger partial charge in [0.15, 0.2) is 0 Å². The summed E-state index contributed by atoms with van der Waals surface area (Å²) in [6.45, 7) is 0. The second kappa shape index (κ2) is 12.2. The first-order valence-corrected chi connectivity index (χ1v) is 12.8. The van der Waals surface area contributed by atoms with Crippen molar-refractivity contribution in [2.75, 3.05) is 0 Å². The lowest BCUT2D eigenvalue weighted by Crippen LogP contribution is -2.40. The normalized spacial score (nSPS) is 13.2. The van der Waals surface area contributed by atoms with Gasteiger partial charge in [0.25, 0.3) is 11.8 Å². The Kier molecular flexibility index (Phi) is 8.10. The number of rotatable bonds is 10. The number of hydrogen-bond acceptors (Lipinski definition) is 6. The van der Waals surface area contributed by atoms with Gasteiger partial charge >= 0.3 is 0 Å². The number of H-pyrrole nitrogens is 2. The SMILES string of the molecule is N[C@H](Cc1cc2ccccc2[nH]1)C(=O)NN=Cc1cccc(/C=N/NC(=O)[C@@H](N)Cc2c[nH]c3ccccc23)c1. The first-order valence-electron chi connectivity index (χ1n) is 12.8. The molecule has 0 saturated heterocycles. The van der Waals surface area contributed by atoms with Crippen molar-refractivity contribution < 1.29 is 9.59 Å². The van der Waals surface area contributed by atoms with Crippen molar-refractivity contribution in [1.82, 2.24) is 20.8 Å². The van der Waals surface area contributed by atoms with E-state index < -0.39 is 12.1 Å². The Morgan fingerprint density at radius 1 is 0.775 bits per heavy atom. The summed E-state index contributed by atoms with van der Waals surface area (Å²) in [5.41, 5.74) is 22.5. The first kappa shape index (κ1) is 26.5. The second-order valence-corrected chi connectivity index (χ2v) is 9.50. The number of aromatic amines is 2. The van der Waals surface area contributed by atoms with E-state index in [1.54, 1.807) is 0 Å². The molecule has 0 aliphatic rings. The summed E-state index contributed by atoms with van der Waals surface area (Å²) in [6.07, 6.45) is 5.64. The summed E-state index contributed by atoms with van der Waals surface area (Å²) in [4.78, 5) is 31.3. The first-order chi connectivity index (χ1) is 19.5. The topological polar surface area (TPSA) is 167 Å². The minimum absolute atomic E-state index is 0.360. The third-order valence-corrected chi connectivity index (χ3v) is 6.50. The highest BCUT2D eigenvalue weighted by Crippen LogP contribution is 2.19. The number of hydrogen-bond donors (Lipinski definition) is 6. The summed E-state index contributed by atoms with van der Waals surface area (Å²) >= 11 is 0. The van der Waals surface area contributed by atoms with Gasteiger partial charge < -0.3 is 21.4 Å². The lowest BCUT2D eigenvalue weighted by molar-refractivity contribution is -0.123. The van der Waals surface area contributed by atoms with Gasteiger partial charge in [-0.15, -0.1) is 0 Å². The number of aromatic nitrogens is 2. The van der Waals surface area contributed by atoms with Crippen LogP contribution in [0.5, 0.6) is 0 Å². The Bertz CT molecular complexity index is 1670. The summed E-state index contributed by atoms with van der Waals surface area (Å²) < 4.78 is 0. The van der Waals surface area contributed by atoms with Crippen LogP contribution in [0.1, 0.15) is 22.4 Å². The fourth-order valence-electron chi connectivity index (χ4n) is 4.43. The number of amides is 2. The molecule has 0 aliphatic carbocycles. The highest BCUT2D eigenvalue weighted by Gasteiger charge is 2.16. The molecule has 10 heteroatoms. The molecular formula is C30H30N8O2. The molecule has 3 aromatic carbocycles. The quantitative estimate of drug-likeness (QED) is 0.120. The van der Waals surface area contributed by atoms with Crippen molar-refractivity contribution in [3.63, 3.8) is 0 Å². The minimum atomic E-state index is -0.755. The minimum Gasteiger partial charge on any atom is -0.361 e. The maximum Gasteiger partial charge on any atom is 0.257 e. The van der Waals surface area contributed by atoms with E-state index in [0.29, 0.717) is 12.8 Å². The number of carbonyl (C=O) groups excluding carboxylic acids is 2. The second-order valence-electron chi connectivity index (χ2n) is 9.50. The van der Waals surface area contributed by atoms with Crippen molar-refractivity contribution in [1.29, 1.82) is 0 Å². The molecule has 5 aromatic rings. The van der Waals surface area contributed by atoms with Crippen LogP contribution in [0.15, 0.2) is 95.3 Å². The highest BCUT2D eigenvalue weighted by atomic mass is 16.2. The number of fused-ring (bicyclic) bond motifs is 2. The summed E-state index contributed by atoms with van der Waals surface area (Å²) in [7, 11) is 0. The van der Waals surface area contributed by atoms with Gasteiger partial charge in [-0.2, -0.15) is 10.2 Å². The molecule has 0 fully saturated rings. The number of nitrogens with two attached hydrogens (primary N) is 2. The van der Waals surface area contributed by atoms with Crippen LogP contribution in [-0.2, 0) is 22.4 Å². The number of carbonyl (C=O) groups is 2. The zero-order valence-electron chi connectivity index (χ0n) is 21.7. The number of benzene rings is 3. The zero-order valence-corrected chi connectivity index (χ0v) is 21.7. The largest absolute Gasteiger partial charge is 0.361 e. The van der Waals surface area contributed by atoms with Crippen LogP contribution in [0.3, 0.4) is 0 Å². The average Bonchev–Trinajstić information content (AvgIpc) is 3.56. The van der Waals surface area contributed by atoms with Crippen LogP contribution in [0.4, 0.5) is 0 Å². The van der Waals surface area contributed by atoms with Gasteiger partial charge in [0.2, 0.25) is 0 Å². The van der Waals surface area contributed by atoms with E-state index in [4.69, 9.17) is 11.5 Å². The number of nitrogens with zero attached hydrogens (tertiary/aromatic N) is 2. The van der Waals surface area contributed by atoms with Crippen molar-refractivity contribution in [2.24, 2.45) is 21.7 Å². The Hall–Kier alpha value is -5.06. The van der Waals surface area contributed by atoms with Crippen molar-refractivity contribution in [3.8, 4) is 0 Å². The number of nitrogens with one attached hydrogen (secondary N) is 4. The van der Waals surface area contributed by atoms with E-state index >= 15 is 0 Å². The molecule has 0 unspecified atom stereocenters. The van der Waals surface area contributed by atoms with Crippen LogP contribution in [0.2, 0.25) is 0 Å². The maximum atomic E-state index is 12.4. The van der Waals surface area contributed by atoms with E-state index in [9.17, 15) is 9.59 Å². The Morgan fingerprint density at radius 2 is 1.40 bits per heavy atom. The van der Waals surface area contributed by atoms with E-state index in [-0.39, 0.29) is 11.8 Å². The molecule has 8 N–H and O–H groups in total. The number of para-hydroxylation sites is 2. The molecule has 2 atom stereocenters. The maximum absolute atomic E-state index is 12.4. The van der Waals surface area contributed by atoms with E-state index in [1.807, 2.05) is 85.1 Å². The Balaban J connectivity index is 1.10. The van der Waals surface area contributed by atoms with Crippen LogP contribution in [-0.4, -0.2) is 46.3 Å². The molecule has 0 aliphatic heterocycles. The lowest BCUT2D eigenvalue weighted by Gasteiger charge is -2.09. The van der Waals surface area contributed by atoms with Crippen molar-refractivity contribution in [3.05, 3.63) is 107 Å². The van der Waals surface area contributed by atoms with Gasteiger partial charge in [-0.1, -0.05) is 54.6 Å². The monoisotopic (exact) mass is 534 g/mol. The smallest absolute Gasteiger partial charge is 0.257 e. The summed E-state index contributed by atoms with van der Waals surface area (Å²) in [5.74, 6) is -0.773. The third-order valence-electron chi connectivity index (χ3n) is 6.50. The third kappa shape index (κ3) is 6.49. The van der Waals surface area contributed by atoms with Gasteiger partial charge in [-0.05, 0) is 52.8 Å². The fraction of sp³-hybridized carbons (Fsp3) is 0.133. The summed E-state index contributed by atoms with van der Waals surface area (Å²) in [5, 5.41) is 10.2. The van der Waals surface area contributed by atoms with Gasteiger partial charge in [0.1, 0.15) is 0 Å². The molecule has 0 radical (unpaired) electrons. The summed E-state index contributed by atoms with van der Waals surface area (Å²) in [6, 6.07) is 23.5. The number of hydrazone groups is 2. The predicted molar refractivity (Wildman–Crippen MR) is 158 cm³/mol. The van der Waals surface area contributed by atoms with Crippen LogP contribution in [0.25, 0.3) is 21.8 Å². The van der Waals surface area contributed by atoms with Crippen molar-refractivity contribution >= 4 is 46.0 Å². The molecule has 0 saturated carbocycles. The molecule has 2 amide bonds. The Morgan fingerprint density at radius 3 is 2.10 bits per heavy atom. The standard InChI is InChI=1S/C30H30N8O2/c31-25(14-22-18-33-28-11-4-2-9-24(22)28)29(39)37-34-16-19-6-5-7-20(12-19)17-35-38-30(40)26(32)15-23-13-21-8-1-3-10-27(21)36-23/h1-13,16-18,25-26,33,36H,14-15,31-32H2,(H,37,39)(H,38,40)/b34-16+,35-17?/t25-,26+/m0/s1. The van der Waals surface area contributed by atoms with Gasteiger partial charge in [0, 0.05) is 34.7 Å². The average molecular weight is 535 g/mol. The van der Waals surface area contributed by atoms with Crippen molar-refractivity contribution in [2.45, 2.75) is 24.9 Å². The predicted octanol–water partition coefficient (Wildman–Crippen LogP) is 2.69. The molecular weight excluding hydrogens is 504 g/mol. The molecule has 202 valence electrons. The fourth-order valence-corrected chi connectivity index (χ4v) is 4.43. The van der Waals surface area contributed by atoms with Gasteiger partial charge in [0.05, 0.1) is 24.5 Å². The molecule has 10 nitrogen and oxygen atoms in total. The van der Waals surface area contributed by atoms with Crippen LogP contribution in [0, 0.1) is 0 Å². The molecule has 2 heterocycles. The van der Waals surface area contributed by atoms with E-state index in [1.165, 1.54) is 12.4 Å². The molecule has 0 spiro atoms. The zero-order chi connectivity index (χ0) is 27.9. The van der Waals surface area contributed by atoms with Crippen LogP contribution >= 0.6 is 0 Å². The molecule has 2 aromatic heterocycles. The molecule has 5 rings (SSSR count). The Labute approximate surface area is 230 Å². The lowest BCUT2D eigenvalue weighted by atomic mass is 10.1. The van der Waals surface area contributed by atoms with E-state index in [2.05, 4.69) is 31.0 Å². The van der Waals surface area contributed by atoms with Crippen LogP contribution < -0.4 is 22.3 Å². The van der Waals surface area contributed by atoms with E-state index in [0.717, 1.165) is 44.2 Å².